The summed E-state index contributed by atoms with van der Waals surface area (Å²) in [6, 6.07) is 10.2. The molecule has 3 atom stereocenters. The quantitative estimate of drug-likeness (QED) is 0.581. The number of carbonyl (C=O) groups is 3. The number of rotatable bonds is 7. The van der Waals surface area contributed by atoms with E-state index in [2.05, 4.69) is 5.32 Å². The van der Waals surface area contributed by atoms with Crippen molar-refractivity contribution >= 4 is 51.7 Å². The summed E-state index contributed by atoms with van der Waals surface area (Å²) in [5.41, 5.74) is 1.34. The van der Waals surface area contributed by atoms with Crippen LogP contribution in [-0.2, 0) is 31.6 Å². The van der Waals surface area contributed by atoms with Crippen LogP contribution in [0.3, 0.4) is 0 Å². The van der Waals surface area contributed by atoms with Gasteiger partial charge in [0.15, 0.2) is 0 Å². The molecule has 4 rings (SSSR count). The number of nitrogens with zero attached hydrogens (tertiary/aromatic N) is 1. The molecule has 2 aliphatic rings. The molecule has 2 N–H and O–H groups in total. The van der Waals surface area contributed by atoms with Gasteiger partial charge in [-0.3, -0.25) is 14.5 Å². The molecular formula is C22H20N2O5S3. The number of carboxylic acid groups (broad SMARTS) is 1. The first-order valence-electron chi connectivity index (χ1n) is 9.73. The zero-order valence-corrected chi connectivity index (χ0v) is 19.5. The molecule has 1 unspecified atom stereocenters. The van der Waals surface area contributed by atoms with E-state index in [1.54, 1.807) is 12.1 Å². The fourth-order valence-electron chi connectivity index (χ4n) is 3.46. The Bertz CT molecular complexity index is 1140. The maximum atomic E-state index is 12.7. The van der Waals surface area contributed by atoms with Gasteiger partial charge in [-0.1, -0.05) is 23.8 Å². The highest BCUT2D eigenvalue weighted by Gasteiger charge is 2.53. The van der Waals surface area contributed by atoms with Crippen LogP contribution in [0.5, 0.6) is 0 Å². The maximum Gasteiger partial charge on any atom is 0.352 e. The Kier molecular flexibility index (Phi) is 6.63. The van der Waals surface area contributed by atoms with Crippen molar-refractivity contribution in [2.75, 3.05) is 5.75 Å². The lowest BCUT2D eigenvalue weighted by Crippen LogP contribution is -2.70. The smallest absolute Gasteiger partial charge is 0.352 e. The summed E-state index contributed by atoms with van der Waals surface area (Å²) in [5.74, 6) is -1.63. The molecular weight excluding hydrogens is 468 g/mol. The van der Waals surface area contributed by atoms with Crippen molar-refractivity contribution < 1.29 is 23.7 Å². The number of aliphatic carboxylic acids is 1. The van der Waals surface area contributed by atoms with Crippen molar-refractivity contribution in [3.05, 3.63) is 75.0 Å². The highest BCUT2D eigenvalue weighted by atomic mass is 32.2. The van der Waals surface area contributed by atoms with Crippen LogP contribution >= 0.6 is 23.1 Å². The second kappa shape index (κ2) is 9.43. The molecule has 0 aliphatic carbocycles. The van der Waals surface area contributed by atoms with Gasteiger partial charge in [0.05, 0.1) is 17.2 Å². The van der Waals surface area contributed by atoms with Gasteiger partial charge in [0.2, 0.25) is 5.91 Å². The van der Waals surface area contributed by atoms with Gasteiger partial charge in [-0.15, -0.1) is 23.1 Å². The molecule has 0 bridgehead atoms. The second-order valence-electron chi connectivity index (χ2n) is 7.30. The van der Waals surface area contributed by atoms with Crippen LogP contribution in [0.25, 0.3) is 0 Å². The molecule has 1 aromatic carbocycles. The van der Waals surface area contributed by atoms with Gasteiger partial charge in [-0.25, -0.2) is 9.00 Å². The summed E-state index contributed by atoms with van der Waals surface area (Å²) in [6.45, 7) is 1.93. The van der Waals surface area contributed by atoms with Gasteiger partial charge < -0.3 is 10.4 Å². The Hall–Kier alpha value is -2.69. The van der Waals surface area contributed by atoms with Crippen molar-refractivity contribution in [1.29, 1.82) is 0 Å². The van der Waals surface area contributed by atoms with Gasteiger partial charge in [-0.05, 0) is 42.2 Å². The Labute approximate surface area is 195 Å². The van der Waals surface area contributed by atoms with Crippen molar-refractivity contribution in [2.24, 2.45) is 0 Å². The van der Waals surface area contributed by atoms with Crippen molar-refractivity contribution in [1.82, 2.24) is 10.2 Å². The standard InChI is InChI=1S/C22H20N2O5S3/c1-13-4-6-16(7-5-13)32(29)10-8-14-12-31-21-18(20(26)24(21)19(14)22(27)28)23-17(25)11-15-3-2-9-30-15/h2-10,18,21H,11-12H2,1H3,(H,23,25)(H,27,28)/b10-8+/t18-,21-,32?/m1/s1. The number of carboxylic acids is 1. The van der Waals surface area contributed by atoms with Gasteiger partial charge in [-0.2, -0.15) is 0 Å². The zero-order chi connectivity index (χ0) is 22.8. The van der Waals surface area contributed by atoms with Crippen LogP contribution in [0.15, 0.2) is 69.4 Å². The normalized spacial score (nSPS) is 21.3. The van der Waals surface area contributed by atoms with Crippen LogP contribution < -0.4 is 5.32 Å². The molecule has 0 radical (unpaired) electrons. The first-order valence-corrected chi connectivity index (χ1v) is 12.9. The second-order valence-corrected chi connectivity index (χ2v) is 10.8. The lowest BCUT2D eigenvalue weighted by molar-refractivity contribution is -0.150. The topological polar surface area (TPSA) is 104 Å². The van der Waals surface area contributed by atoms with E-state index in [0.29, 0.717) is 16.2 Å². The fourth-order valence-corrected chi connectivity index (χ4v) is 6.33. The number of aryl methyl sites for hydroxylation is 1. The average molecular weight is 489 g/mol. The lowest BCUT2D eigenvalue weighted by Gasteiger charge is -2.49. The number of β-lactam (4-membered cyclic amide) rings is 1. The van der Waals surface area contributed by atoms with Crippen LogP contribution in [0.4, 0.5) is 0 Å². The van der Waals surface area contributed by atoms with E-state index >= 15 is 0 Å². The molecule has 2 aliphatic heterocycles. The third-order valence-electron chi connectivity index (χ3n) is 5.08. The van der Waals surface area contributed by atoms with Gasteiger partial charge in [0.1, 0.15) is 17.1 Å². The van der Waals surface area contributed by atoms with Crippen molar-refractivity contribution in [3.63, 3.8) is 0 Å². The molecule has 2 aromatic rings. The maximum absolute atomic E-state index is 12.7. The van der Waals surface area contributed by atoms with Gasteiger partial charge >= 0.3 is 5.97 Å². The van der Waals surface area contributed by atoms with E-state index < -0.39 is 34.1 Å². The molecule has 7 nitrogen and oxygen atoms in total. The van der Waals surface area contributed by atoms with Crippen molar-refractivity contribution in [3.8, 4) is 0 Å². The number of fused-ring (bicyclic) bond motifs is 1. The Morgan fingerprint density at radius 3 is 2.69 bits per heavy atom. The third-order valence-corrected chi connectivity index (χ3v) is 8.38. The molecule has 0 spiro atoms. The predicted molar refractivity (Wildman–Crippen MR) is 124 cm³/mol. The predicted octanol–water partition coefficient (Wildman–Crippen LogP) is 2.66. The van der Waals surface area contributed by atoms with E-state index in [1.165, 1.54) is 39.5 Å². The molecule has 1 aromatic heterocycles. The largest absolute Gasteiger partial charge is 0.477 e. The Morgan fingerprint density at radius 1 is 1.28 bits per heavy atom. The summed E-state index contributed by atoms with van der Waals surface area (Å²) in [4.78, 5) is 39.6. The number of benzene rings is 1. The van der Waals surface area contributed by atoms with E-state index in [1.807, 2.05) is 36.6 Å². The molecule has 0 saturated carbocycles. The molecule has 2 amide bonds. The van der Waals surface area contributed by atoms with Crippen LogP contribution in [0.2, 0.25) is 0 Å². The minimum atomic E-state index is -1.44. The fraction of sp³-hybridized carbons (Fsp3) is 0.227. The van der Waals surface area contributed by atoms with Crippen LogP contribution in [-0.4, -0.2) is 49.2 Å². The van der Waals surface area contributed by atoms with E-state index in [-0.39, 0.29) is 18.0 Å². The number of hydrogen-bond acceptors (Lipinski definition) is 6. The minimum Gasteiger partial charge on any atom is -0.477 e. The van der Waals surface area contributed by atoms with E-state index in [4.69, 9.17) is 0 Å². The number of hydrogen-bond donors (Lipinski definition) is 2. The summed E-state index contributed by atoms with van der Waals surface area (Å²) >= 11 is 2.83. The molecule has 32 heavy (non-hydrogen) atoms. The lowest BCUT2D eigenvalue weighted by atomic mass is 10.0. The minimum absolute atomic E-state index is 0.125. The summed E-state index contributed by atoms with van der Waals surface area (Å²) < 4.78 is 12.5. The summed E-state index contributed by atoms with van der Waals surface area (Å²) in [5, 5.41) is 15.3. The number of nitrogens with one attached hydrogen (secondary N) is 1. The van der Waals surface area contributed by atoms with Crippen LogP contribution in [0, 0.1) is 6.92 Å². The van der Waals surface area contributed by atoms with Crippen molar-refractivity contribution in [2.45, 2.75) is 29.7 Å². The highest BCUT2D eigenvalue weighted by Crippen LogP contribution is 2.40. The summed E-state index contributed by atoms with van der Waals surface area (Å²) in [7, 11) is -1.44. The molecule has 3 heterocycles. The molecule has 166 valence electrons. The molecule has 1 saturated heterocycles. The number of carbonyl (C=O) groups excluding carboxylic acids is 2. The summed E-state index contributed by atoms with van der Waals surface area (Å²) in [6.07, 6.45) is 1.69. The van der Waals surface area contributed by atoms with Gasteiger partial charge in [0, 0.05) is 20.9 Å². The molecule has 10 heteroatoms. The highest BCUT2D eigenvalue weighted by molar-refractivity contribution is 8.00. The van der Waals surface area contributed by atoms with E-state index in [9.17, 15) is 23.7 Å². The number of allylic oxidation sites excluding steroid dienone is 1. The Morgan fingerprint density at radius 2 is 2.03 bits per heavy atom. The SMILES string of the molecule is Cc1ccc(S(=O)/C=C/C2=C(C(=O)O)N3C(=O)[C@@H](NC(=O)Cc4cccs4)[C@H]3SC2)cc1. The zero-order valence-electron chi connectivity index (χ0n) is 17.0. The van der Waals surface area contributed by atoms with E-state index in [0.717, 1.165) is 10.4 Å². The Balaban J connectivity index is 1.48. The monoisotopic (exact) mass is 488 g/mol. The van der Waals surface area contributed by atoms with Crippen LogP contribution in [0.1, 0.15) is 10.4 Å². The number of amides is 2. The first-order chi connectivity index (χ1) is 15.3. The number of thioether (sulfide) groups is 1. The number of thiophene rings is 1. The average Bonchev–Trinajstić information content (AvgIpc) is 3.28. The molecule has 1 fully saturated rings. The van der Waals surface area contributed by atoms with Gasteiger partial charge in [0.25, 0.3) is 5.91 Å². The third kappa shape index (κ3) is 4.57. The first kappa shape index (κ1) is 22.5.